The van der Waals surface area contributed by atoms with Crippen LogP contribution in [0.25, 0.3) is 0 Å². The van der Waals surface area contributed by atoms with Gasteiger partial charge in [0, 0.05) is 12.7 Å². The molecule has 0 saturated carbocycles. The Labute approximate surface area is 96.1 Å². The van der Waals surface area contributed by atoms with Gasteiger partial charge in [-0.1, -0.05) is 6.92 Å². The summed E-state index contributed by atoms with van der Waals surface area (Å²) >= 11 is 0. The van der Waals surface area contributed by atoms with Gasteiger partial charge in [0.25, 0.3) is 0 Å². The maximum Gasteiger partial charge on any atom is 0.243 e. The SMILES string of the molecule is CCNCCCn1cc(S(=O)(=O)NC)cn1. The number of nitrogens with zero attached hydrogens (tertiary/aromatic N) is 2. The number of rotatable bonds is 7. The second-order valence-corrected chi connectivity index (χ2v) is 5.24. The summed E-state index contributed by atoms with van der Waals surface area (Å²) in [5.41, 5.74) is 0. The van der Waals surface area contributed by atoms with Gasteiger partial charge in [-0.3, -0.25) is 4.68 Å². The lowest BCUT2D eigenvalue weighted by molar-refractivity contribution is 0.549. The van der Waals surface area contributed by atoms with Gasteiger partial charge in [0.15, 0.2) is 0 Å². The van der Waals surface area contributed by atoms with Crippen LogP contribution in [0.5, 0.6) is 0 Å². The Morgan fingerprint density at radius 2 is 2.25 bits per heavy atom. The summed E-state index contributed by atoms with van der Waals surface area (Å²) in [6.07, 6.45) is 3.82. The standard InChI is InChI=1S/C9H18N4O2S/c1-3-11-5-4-6-13-8-9(7-12-13)16(14,15)10-2/h7-8,10-11H,3-6H2,1-2H3. The van der Waals surface area contributed by atoms with E-state index in [1.807, 2.05) is 6.92 Å². The first-order valence-corrected chi connectivity index (χ1v) is 6.75. The van der Waals surface area contributed by atoms with Gasteiger partial charge in [0.1, 0.15) is 4.90 Å². The average Bonchev–Trinajstić information content (AvgIpc) is 2.74. The highest BCUT2D eigenvalue weighted by atomic mass is 32.2. The molecule has 1 aromatic heterocycles. The molecule has 1 heterocycles. The van der Waals surface area contributed by atoms with E-state index < -0.39 is 10.0 Å². The number of hydrogen-bond donors (Lipinski definition) is 2. The van der Waals surface area contributed by atoms with E-state index in [-0.39, 0.29) is 4.90 Å². The van der Waals surface area contributed by atoms with E-state index in [1.54, 1.807) is 4.68 Å². The summed E-state index contributed by atoms with van der Waals surface area (Å²) in [5.74, 6) is 0. The molecule has 0 aliphatic heterocycles. The van der Waals surface area contributed by atoms with Crippen LogP contribution in [-0.4, -0.2) is 38.3 Å². The molecule has 1 aromatic rings. The number of sulfonamides is 1. The van der Waals surface area contributed by atoms with Crippen LogP contribution < -0.4 is 10.0 Å². The van der Waals surface area contributed by atoms with Crippen LogP contribution in [0, 0.1) is 0 Å². The first-order chi connectivity index (χ1) is 7.60. The molecule has 0 aromatic carbocycles. The lowest BCUT2D eigenvalue weighted by Crippen LogP contribution is -2.18. The first kappa shape index (κ1) is 13.1. The minimum atomic E-state index is -3.36. The Bertz CT molecular complexity index is 413. The molecule has 0 spiro atoms. The maximum atomic E-state index is 11.4. The molecule has 2 N–H and O–H groups in total. The van der Waals surface area contributed by atoms with E-state index in [0.717, 1.165) is 19.5 Å². The molecule has 0 saturated heterocycles. The molecule has 92 valence electrons. The average molecular weight is 246 g/mol. The molecule has 0 bridgehead atoms. The summed E-state index contributed by atoms with van der Waals surface area (Å²) in [5, 5.41) is 7.19. The van der Waals surface area contributed by atoms with Gasteiger partial charge >= 0.3 is 0 Å². The van der Waals surface area contributed by atoms with Crippen molar-refractivity contribution in [3.8, 4) is 0 Å². The Hall–Kier alpha value is -0.920. The van der Waals surface area contributed by atoms with E-state index in [9.17, 15) is 8.42 Å². The smallest absolute Gasteiger partial charge is 0.243 e. The van der Waals surface area contributed by atoms with Crippen molar-refractivity contribution in [2.45, 2.75) is 24.8 Å². The Morgan fingerprint density at radius 1 is 1.50 bits per heavy atom. The minimum Gasteiger partial charge on any atom is -0.317 e. The predicted molar refractivity (Wildman–Crippen MR) is 61.6 cm³/mol. The predicted octanol–water partition coefficient (Wildman–Crippen LogP) is -0.209. The quantitative estimate of drug-likeness (QED) is 0.653. The second-order valence-electron chi connectivity index (χ2n) is 3.35. The number of nitrogens with one attached hydrogen (secondary N) is 2. The third-order valence-electron chi connectivity index (χ3n) is 2.18. The van der Waals surface area contributed by atoms with E-state index >= 15 is 0 Å². The van der Waals surface area contributed by atoms with Crippen molar-refractivity contribution in [3.63, 3.8) is 0 Å². The van der Waals surface area contributed by atoms with E-state index in [2.05, 4.69) is 15.1 Å². The molecule has 0 aliphatic rings. The zero-order chi connectivity index (χ0) is 12.0. The third kappa shape index (κ3) is 3.58. The zero-order valence-corrected chi connectivity index (χ0v) is 10.4. The molecule has 0 aliphatic carbocycles. The number of aromatic nitrogens is 2. The van der Waals surface area contributed by atoms with Crippen molar-refractivity contribution in [2.24, 2.45) is 0 Å². The molecule has 0 atom stereocenters. The van der Waals surface area contributed by atoms with Gasteiger partial charge in [-0.05, 0) is 26.6 Å². The summed E-state index contributed by atoms with van der Waals surface area (Å²) in [4.78, 5) is 0.207. The third-order valence-corrected chi connectivity index (χ3v) is 3.55. The fourth-order valence-corrected chi connectivity index (χ4v) is 1.95. The van der Waals surface area contributed by atoms with E-state index in [4.69, 9.17) is 0 Å². The second kappa shape index (κ2) is 5.97. The van der Waals surface area contributed by atoms with Crippen LogP contribution in [0.1, 0.15) is 13.3 Å². The van der Waals surface area contributed by atoms with Gasteiger partial charge < -0.3 is 5.32 Å². The van der Waals surface area contributed by atoms with Crippen LogP contribution in [0.4, 0.5) is 0 Å². The van der Waals surface area contributed by atoms with Crippen LogP contribution >= 0.6 is 0 Å². The molecule has 7 heteroatoms. The van der Waals surface area contributed by atoms with Crippen molar-refractivity contribution in [1.82, 2.24) is 19.8 Å². The molecule has 0 fully saturated rings. The number of aryl methyl sites for hydroxylation is 1. The lowest BCUT2D eigenvalue weighted by atomic mass is 10.4. The van der Waals surface area contributed by atoms with E-state index in [0.29, 0.717) is 6.54 Å². The highest BCUT2D eigenvalue weighted by molar-refractivity contribution is 7.89. The zero-order valence-electron chi connectivity index (χ0n) is 9.60. The summed E-state index contributed by atoms with van der Waals surface area (Å²) in [6.45, 7) is 4.61. The van der Waals surface area contributed by atoms with E-state index in [1.165, 1.54) is 19.4 Å². The van der Waals surface area contributed by atoms with Crippen LogP contribution in [0.3, 0.4) is 0 Å². The highest BCUT2D eigenvalue weighted by Gasteiger charge is 2.13. The van der Waals surface area contributed by atoms with Crippen LogP contribution in [0.15, 0.2) is 17.3 Å². The molecule has 16 heavy (non-hydrogen) atoms. The molecule has 0 unspecified atom stereocenters. The largest absolute Gasteiger partial charge is 0.317 e. The normalized spacial score (nSPS) is 11.9. The molecule has 6 nitrogen and oxygen atoms in total. The van der Waals surface area contributed by atoms with Crippen LogP contribution in [0.2, 0.25) is 0 Å². The molecular formula is C9H18N4O2S. The van der Waals surface area contributed by atoms with Crippen molar-refractivity contribution >= 4 is 10.0 Å². The Morgan fingerprint density at radius 3 is 2.88 bits per heavy atom. The van der Waals surface area contributed by atoms with Crippen molar-refractivity contribution in [3.05, 3.63) is 12.4 Å². The topological polar surface area (TPSA) is 76.0 Å². The monoisotopic (exact) mass is 246 g/mol. The summed E-state index contributed by atoms with van der Waals surface area (Å²) in [7, 11) is -1.97. The summed E-state index contributed by atoms with van der Waals surface area (Å²) in [6, 6.07) is 0. The van der Waals surface area contributed by atoms with Gasteiger partial charge in [-0.25, -0.2) is 13.1 Å². The Kier molecular flexibility index (Phi) is 4.91. The minimum absolute atomic E-state index is 0.207. The lowest BCUT2D eigenvalue weighted by Gasteiger charge is -2.01. The van der Waals surface area contributed by atoms with Gasteiger partial charge in [0.2, 0.25) is 10.0 Å². The van der Waals surface area contributed by atoms with Gasteiger partial charge in [0.05, 0.1) is 6.20 Å². The maximum absolute atomic E-state index is 11.4. The molecule has 1 rings (SSSR count). The van der Waals surface area contributed by atoms with Gasteiger partial charge in [-0.15, -0.1) is 0 Å². The Balaban J connectivity index is 2.52. The first-order valence-electron chi connectivity index (χ1n) is 5.27. The van der Waals surface area contributed by atoms with Crippen molar-refractivity contribution in [2.75, 3.05) is 20.1 Å². The van der Waals surface area contributed by atoms with Crippen molar-refractivity contribution in [1.29, 1.82) is 0 Å². The summed E-state index contributed by atoms with van der Waals surface area (Å²) < 4.78 is 26.7. The fourth-order valence-electron chi connectivity index (χ4n) is 1.27. The molecular weight excluding hydrogens is 228 g/mol. The van der Waals surface area contributed by atoms with Gasteiger partial charge in [-0.2, -0.15) is 5.10 Å². The van der Waals surface area contributed by atoms with Crippen LogP contribution in [-0.2, 0) is 16.6 Å². The fraction of sp³-hybridized carbons (Fsp3) is 0.667. The molecule has 0 radical (unpaired) electrons. The number of hydrogen-bond acceptors (Lipinski definition) is 4. The van der Waals surface area contributed by atoms with Crippen molar-refractivity contribution < 1.29 is 8.42 Å². The molecule has 0 amide bonds. The highest BCUT2D eigenvalue weighted by Crippen LogP contribution is 2.06.